The molecule has 0 unspecified atom stereocenters. The van der Waals surface area contributed by atoms with Gasteiger partial charge in [-0.05, 0) is 46.1 Å². The van der Waals surface area contributed by atoms with Crippen LogP contribution in [0.5, 0.6) is 0 Å². The number of halogens is 2. The Hall–Kier alpha value is -0.880. The molecular formula is C14H13BrClNO2S. The molecule has 0 amide bonds. The number of sulfonamides is 1. The fourth-order valence-electron chi connectivity index (χ4n) is 1.70. The van der Waals surface area contributed by atoms with Crippen molar-refractivity contribution < 1.29 is 8.42 Å². The minimum absolute atomic E-state index is 0.196. The maximum Gasteiger partial charge on any atom is 0.240 e. The fraction of sp³-hybridized carbons (Fsp3) is 0.143. The molecule has 106 valence electrons. The molecule has 2 aromatic carbocycles. The van der Waals surface area contributed by atoms with Crippen LogP contribution in [0.1, 0.15) is 5.56 Å². The molecule has 6 heteroatoms. The average Bonchev–Trinajstić information content (AvgIpc) is 2.43. The molecule has 0 aromatic heterocycles. The van der Waals surface area contributed by atoms with E-state index < -0.39 is 10.0 Å². The highest BCUT2D eigenvalue weighted by molar-refractivity contribution is 9.10. The third-order valence-corrected chi connectivity index (χ3v) is 5.42. The van der Waals surface area contributed by atoms with Crippen molar-refractivity contribution in [1.82, 2.24) is 4.72 Å². The Morgan fingerprint density at radius 2 is 1.80 bits per heavy atom. The van der Waals surface area contributed by atoms with E-state index in [2.05, 4.69) is 20.7 Å². The topological polar surface area (TPSA) is 46.2 Å². The molecule has 0 fully saturated rings. The first-order valence-electron chi connectivity index (χ1n) is 5.98. The molecular weight excluding hydrogens is 362 g/mol. The van der Waals surface area contributed by atoms with E-state index in [1.807, 2.05) is 30.3 Å². The van der Waals surface area contributed by atoms with Crippen molar-refractivity contribution in [2.45, 2.75) is 11.3 Å². The van der Waals surface area contributed by atoms with E-state index in [-0.39, 0.29) is 4.90 Å². The van der Waals surface area contributed by atoms with Crippen LogP contribution in [-0.4, -0.2) is 15.0 Å². The molecule has 0 aliphatic heterocycles. The summed E-state index contributed by atoms with van der Waals surface area (Å²) in [6.45, 7) is 0.354. The summed E-state index contributed by atoms with van der Waals surface area (Å²) in [5, 5.41) is 0.480. The Bertz CT molecular complexity index is 690. The summed E-state index contributed by atoms with van der Waals surface area (Å²) in [5.74, 6) is 0. The normalized spacial score (nSPS) is 11.5. The summed E-state index contributed by atoms with van der Waals surface area (Å²) in [7, 11) is -3.51. The molecule has 0 heterocycles. The lowest BCUT2D eigenvalue weighted by Gasteiger charge is -2.07. The van der Waals surface area contributed by atoms with Crippen LogP contribution in [0.15, 0.2) is 57.9 Å². The van der Waals surface area contributed by atoms with E-state index in [1.54, 1.807) is 6.07 Å². The Kier molecular flexibility index (Phi) is 5.21. The summed E-state index contributed by atoms with van der Waals surface area (Å²) < 4.78 is 27.4. The minimum atomic E-state index is -3.51. The Morgan fingerprint density at radius 1 is 1.10 bits per heavy atom. The van der Waals surface area contributed by atoms with Crippen LogP contribution in [0.2, 0.25) is 5.02 Å². The highest BCUT2D eigenvalue weighted by Gasteiger charge is 2.14. The SMILES string of the molecule is O=S(=O)(NCCc1ccccc1)c1ccc(Cl)c(Br)c1. The molecule has 20 heavy (non-hydrogen) atoms. The van der Waals surface area contributed by atoms with Crippen LogP contribution in [0.3, 0.4) is 0 Å². The van der Waals surface area contributed by atoms with Crippen molar-refractivity contribution in [3.63, 3.8) is 0 Å². The summed E-state index contributed by atoms with van der Waals surface area (Å²) >= 11 is 9.07. The van der Waals surface area contributed by atoms with Gasteiger partial charge in [0.25, 0.3) is 0 Å². The summed E-state index contributed by atoms with van der Waals surface area (Å²) in [4.78, 5) is 0.196. The second-order valence-corrected chi connectivity index (χ2v) is 7.24. The van der Waals surface area contributed by atoms with Gasteiger partial charge < -0.3 is 0 Å². The van der Waals surface area contributed by atoms with Crippen LogP contribution < -0.4 is 4.72 Å². The molecule has 0 saturated carbocycles. The molecule has 0 saturated heterocycles. The summed E-state index contributed by atoms with van der Waals surface area (Å²) in [5.41, 5.74) is 1.09. The second-order valence-electron chi connectivity index (χ2n) is 4.21. The van der Waals surface area contributed by atoms with E-state index in [0.29, 0.717) is 22.5 Å². The van der Waals surface area contributed by atoms with Crippen molar-refractivity contribution in [1.29, 1.82) is 0 Å². The third kappa shape index (κ3) is 4.06. The number of benzene rings is 2. The largest absolute Gasteiger partial charge is 0.240 e. The zero-order valence-electron chi connectivity index (χ0n) is 10.5. The van der Waals surface area contributed by atoms with Gasteiger partial charge in [-0.2, -0.15) is 0 Å². The van der Waals surface area contributed by atoms with Crippen LogP contribution >= 0.6 is 27.5 Å². The zero-order valence-corrected chi connectivity index (χ0v) is 13.7. The maximum atomic E-state index is 12.1. The van der Waals surface area contributed by atoms with E-state index in [0.717, 1.165) is 5.56 Å². The lowest BCUT2D eigenvalue weighted by molar-refractivity contribution is 0.581. The molecule has 0 spiro atoms. The van der Waals surface area contributed by atoms with E-state index in [9.17, 15) is 8.42 Å². The average molecular weight is 375 g/mol. The number of rotatable bonds is 5. The van der Waals surface area contributed by atoms with Crippen LogP contribution in [0.25, 0.3) is 0 Å². The van der Waals surface area contributed by atoms with E-state index >= 15 is 0 Å². The highest BCUT2D eigenvalue weighted by Crippen LogP contribution is 2.25. The lowest BCUT2D eigenvalue weighted by atomic mass is 10.2. The molecule has 0 aliphatic rings. The molecule has 0 bridgehead atoms. The summed E-state index contributed by atoms with van der Waals surface area (Å²) in [6, 6.07) is 14.3. The number of hydrogen-bond acceptors (Lipinski definition) is 2. The number of nitrogens with one attached hydrogen (secondary N) is 1. The van der Waals surface area contributed by atoms with Gasteiger partial charge in [0.2, 0.25) is 10.0 Å². The van der Waals surface area contributed by atoms with Crippen LogP contribution in [0, 0.1) is 0 Å². The van der Waals surface area contributed by atoms with Crippen molar-refractivity contribution in [3.05, 3.63) is 63.6 Å². The van der Waals surface area contributed by atoms with Crippen molar-refractivity contribution in [3.8, 4) is 0 Å². The predicted octanol–water partition coefficient (Wildman–Crippen LogP) is 3.62. The fourth-order valence-corrected chi connectivity index (χ4v) is 3.41. The zero-order chi connectivity index (χ0) is 14.6. The number of hydrogen-bond donors (Lipinski definition) is 1. The first-order chi connectivity index (χ1) is 9.49. The second kappa shape index (κ2) is 6.72. The monoisotopic (exact) mass is 373 g/mol. The molecule has 0 radical (unpaired) electrons. The van der Waals surface area contributed by atoms with E-state index in [4.69, 9.17) is 11.6 Å². The quantitative estimate of drug-likeness (QED) is 0.869. The van der Waals surface area contributed by atoms with Gasteiger partial charge in [-0.3, -0.25) is 0 Å². The Balaban J connectivity index is 2.02. The van der Waals surface area contributed by atoms with Gasteiger partial charge in [0, 0.05) is 11.0 Å². The van der Waals surface area contributed by atoms with Gasteiger partial charge in [-0.15, -0.1) is 0 Å². The van der Waals surface area contributed by atoms with Gasteiger partial charge in [0.15, 0.2) is 0 Å². The first-order valence-corrected chi connectivity index (χ1v) is 8.63. The van der Waals surface area contributed by atoms with Gasteiger partial charge in [-0.1, -0.05) is 41.9 Å². The highest BCUT2D eigenvalue weighted by atomic mass is 79.9. The molecule has 0 atom stereocenters. The van der Waals surface area contributed by atoms with Crippen LogP contribution in [0.4, 0.5) is 0 Å². The standard InChI is InChI=1S/C14H13BrClNO2S/c15-13-10-12(6-7-14(13)16)20(18,19)17-9-8-11-4-2-1-3-5-11/h1-7,10,17H,8-9H2. The van der Waals surface area contributed by atoms with Gasteiger partial charge >= 0.3 is 0 Å². The molecule has 1 N–H and O–H groups in total. The molecule has 3 nitrogen and oxygen atoms in total. The van der Waals surface area contributed by atoms with Crippen molar-refractivity contribution >= 4 is 37.6 Å². The molecule has 2 aromatic rings. The predicted molar refractivity (Wildman–Crippen MR) is 84.5 cm³/mol. The molecule has 2 rings (SSSR count). The maximum absolute atomic E-state index is 12.1. The van der Waals surface area contributed by atoms with Gasteiger partial charge in [0.05, 0.1) is 9.92 Å². The summed E-state index contributed by atoms with van der Waals surface area (Å²) in [6.07, 6.45) is 0.648. The Labute approximate surface area is 132 Å². The van der Waals surface area contributed by atoms with Crippen LogP contribution in [-0.2, 0) is 16.4 Å². The lowest BCUT2D eigenvalue weighted by Crippen LogP contribution is -2.26. The van der Waals surface area contributed by atoms with Crippen molar-refractivity contribution in [2.75, 3.05) is 6.54 Å². The smallest absolute Gasteiger partial charge is 0.211 e. The van der Waals surface area contributed by atoms with Gasteiger partial charge in [0.1, 0.15) is 0 Å². The third-order valence-electron chi connectivity index (χ3n) is 2.75. The van der Waals surface area contributed by atoms with Gasteiger partial charge in [-0.25, -0.2) is 13.1 Å². The Morgan fingerprint density at radius 3 is 2.45 bits per heavy atom. The van der Waals surface area contributed by atoms with Crippen molar-refractivity contribution in [2.24, 2.45) is 0 Å². The first kappa shape index (κ1) is 15.5. The molecule has 0 aliphatic carbocycles. The minimum Gasteiger partial charge on any atom is -0.211 e. The van der Waals surface area contributed by atoms with E-state index in [1.165, 1.54) is 12.1 Å².